The molecular weight excluding hydrogens is 212 g/mol. The van der Waals surface area contributed by atoms with Gasteiger partial charge in [0.25, 0.3) is 0 Å². The lowest BCUT2D eigenvalue weighted by molar-refractivity contribution is -0.220. The quantitative estimate of drug-likeness (QED) is 0.761. The molecule has 2 heteroatoms. The summed E-state index contributed by atoms with van der Waals surface area (Å²) >= 11 is 0. The third-order valence-electron chi connectivity index (χ3n) is 4.94. The second-order valence-corrected chi connectivity index (χ2v) is 6.42. The van der Waals surface area contributed by atoms with Gasteiger partial charge in [0.1, 0.15) is 0 Å². The minimum Gasteiger partial charge on any atom is -0.396 e. The summed E-state index contributed by atoms with van der Waals surface area (Å²) in [6.45, 7) is 7.64. The Kier molecular flexibility index (Phi) is 3.65. The standard InChI is InChI=1S/C15H26O2/c1-12(2)5-4-6-15-8-7-14(10-16,11-17-15)13(3)9-15/h5,13,16H,4,6-11H2,1-3H3/t13-,14+,15+/m0/s1. The Morgan fingerprint density at radius 2 is 2.18 bits per heavy atom. The average molecular weight is 238 g/mol. The van der Waals surface area contributed by atoms with Crippen LogP contribution in [0.5, 0.6) is 0 Å². The summed E-state index contributed by atoms with van der Waals surface area (Å²) in [5.41, 5.74) is 1.58. The molecule has 3 fully saturated rings. The van der Waals surface area contributed by atoms with E-state index in [-0.39, 0.29) is 17.6 Å². The lowest BCUT2D eigenvalue weighted by Gasteiger charge is -2.56. The molecule has 0 aromatic carbocycles. The van der Waals surface area contributed by atoms with Crippen LogP contribution in [0.2, 0.25) is 0 Å². The van der Waals surface area contributed by atoms with Crippen molar-refractivity contribution in [2.45, 2.75) is 58.5 Å². The maximum Gasteiger partial charge on any atom is 0.0688 e. The van der Waals surface area contributed by atoms with Crippen LogP contribution in [0.15, 0.2) is 11.6 Å². The van der Waals surface area contributed by atoms with E-state index in [2.05, 4.69) is 26.8 Å². The molecule has 2 saturated heterocycles. The van der Waals surface area contributed by atoms with Crippen LogP contribution in [0.1, 0.15) is 52.9 Å². The molecule has 3 aliphatic rings. The van der Waals surface area contributed by atoms with Gasteiger partial charge in [-0.25, -0.2) is 0 Å². The first-order valence-electron chi connectivity index (χ1n) is 6.90. The second-order valence-electron chi connectivity index (χ2n) is 6.42. The maximum atomic E-state index is 9.58. The van der Waals surface area contributed by atoms with Crippen molar-refractivity contribution in [3.63, 3.8) is 0 Å². The SMILES string of the molecule is CC(C)=CCC[C@]12CC[C@@](CO)(CO1)[C@@H](C)C2. The van der Waals surface area contributed by atoms with E-state index in [1.807, 2.05) is 0 Å². The minimum absolute atomic E-state index is 0.0677. The fourth-order valence-corrected chi connectivity index (χ4v) is 3.45. The van der Waals surface area contributed by atoms with Crippen LogP contribution in [0.25, 0.3) is 0 Å². The summed E-state index contributed by atoms with van der Waals surface area (Å²) in [5, 5.41) is 9.58. The molecular formula is C15H26O2. The Labute approximate surface area is 105 Å². The van der Waals surface area contributed by atoms with Crippen LogP contribution >= 0.6 is 0 Å². The zero-order valence-corrected chi connectivity index (χ0v) is 11.5. The van der Waals surface area contributed by atoms with Gasteiger partial charge in [0, 0.05) is 5.41 Å². The molecule has 17 heavy (non-hydrogen) atoms. The molecule has 3 atom stereocenters. The number of allylic oxidation sites excluding steroid dienone is 2. The van der Waals surface area contributed by atoms with Gasteiger partial charge >= 0.3 is 0 Å². The van der Waals surface area contributed by atoms with Gasteiger partial charge in [-0.15, -0.1) is 0 Å². The molecule has 0 aromatic rings. The molecule has 0 radical (unpaired) electrons. The van der Waals surface area contributed by atoms with Gasteiger partial charge in [-0.05, 0) is 51.9 Å². The third kappa shape index (κ3) is 2.43. The summed E-state index contributed by atoms with van der Waals surface area (Å²) in [5.74, 6) is 0.599. The monoisotopic (exact) mass is 238 g/mol. The first kappa shape index (κ1) is 13.1. The molecule has 3 rings (SSSR count). The number of hydrogen-bond donors (Lipinski definition) is 1. The predicted octanol–water partition coefficient (Wildman–Crippen LogP) is 3.30. The third-order valence-corrected chi connectivity index (χ3v) is 4.94. The van der Waals surface area contributed by atoms with Crippen molar-refractivity contribution < 1.29 is 9.84 Å². The highest BCUT2D eigenvalue weighted by atomic mass is 16.5. The molecule has 0 aromatic heterocycles. The van der Waals surface area contributed by atoms with Crippen LogP contribution in [0.3, 0.4) is 0 Å². The van der Waals surface area contributed by atoms with Crippen molar-refractivity contribution in [1.29, 1.82) is 0 Å². The van der Waals surface area contributed by atoms with E-state index in [1.54, 1.807) is 0 Å². The van der Waals surface area contributed by atoms with Crippen molar-refractivity contribution >= 4 is 0 Å². The molecule has 0 spiro atoms. The zero-order valence-electron chi connectivity index (χ0n) is 11.5. The van der Waals surface area contributed by atoms with Crippen LogP contribution in [-0.2, 0) is 4.74 Å². The summed E-state index contributed by atoms with van der Waals surface area (Å²) in [4.78, 5) is 0. The smallest absolute Gasteiger partial charge is 0.0688 e. The summed E-state index contributed by atoms with van der Waals surface area (Å²) in [6, 6.07) is 0. The predicted molar refractivity (Wildman–Crippen MR) is 69.9 cm³/mol. The Morgan fingerprint density at radius 3 is 2.65 bits per heavy atom. The molecule has 1 N–H and O–H groups in total. The molecule has 2 bridgehead atoms. The molecule has 1 aliphatic carbocycles. The van der Waals surface area contributed by atoms with E-state index >= 15 is 0 Å². The first-order valence-corrected chi connectivity index (χ1v) is 6.90. The average Bonchev–Trinajstić information content (AvgIpc) is 2.30. The molecule has 98 valence electrons. The van der Waals surface area contributed by atoms with Gasteiger partial charge < -0.3 is 9.84 Å². The van der Waals surface area contributed by atoms with Crippen molar-refractivity contribution in [3.05, 3.63) is 11.6 Å². The van der Waals surface area contributed by atoms with Gasteiger partial charge in [-0.2, -0.15) is 0 Å². The Hall–Kier alpha value is -0.340. The summed E-state index contributed by atoms with van der Waals surface area (Å²) in [6.07, 6.45) is 7.98. The number of aliphatic hydroxyl groups excluding tert-OH is 1. The highest BCUT2D eigenvalue weighted by molar-refractivity contribution is 5.04. The largest absolute Gasteiger partial charge is 0.396 e. The molecule has 0 unspecified atom stereocenters. The highest BCUT2D eigenvalue weighted by Gasteiger charge is 2.53. The van der Waals surface area contributed by atoms with Crippen molar-refractivity contribution in [1.82, 2.24) is 0 Å². The molecule has 2 aliphatic heterocycles. The van der Waals surface area contributed by atoms with Crippen LogP contribution in [-0.4, -0.2) is 23.9 Å². The van der Waals surface area contributed by atoms with Gasteiger partial charge in [0.05, 0.1) is 18.8 Å². The number of fused-ring (bicyclic) bond motifs is 3. The minimum atomic E-state index is 0.0677. The summed E-state index contributed by atoms with van der Waals surface area (Å²) in [7, 11) is 0. The fraction of sp³-hybridized carbons (Fsp3) is 0.867. The Balaban J connectivity index is 1.98. The molecule has 0 amide bonds. The Morgan fingerprint density at radius 1 is 1.41 bits per heavy atom. The van der Waals surface area contributed by atoms with Crippen LogP contribution in [0.4, 0.5) is 0 Å². The maximum absolute atomic E-state index is 9.58. The molecule has 2 nitrogen and oxygen atoms in total. The van der Waals surface area contributed by atoms with Crippen LogP contribution < -0.4 is 0 Å². The number of rotatable bonds is 4. The zero-order chi connectivity index (χ0) is 12.5. The topological polar surface area (TPSA) is 29.5 Å². The number of aliphatic hydroxyl groups is 1. The van der Waals surface area contributed by atoms with Crippen LogP contribution in [0, 0.1) is 11.3 Å². The van der Waals surface area contributed by atoms with Gasteiger partial charge in [0.2, 0.25) is 0 Å². The molecule has 2 heterocycles. The van der Waals surface area contributed by atoms with Gasteiger partial charge in [0.15, 0.2) is 0 Å². The highest BCUT2D eigenvalue weighted by Crippen LogP contribution is 2.53. The normalized spacial score (nSPS) is 40.4. The summed E-state index contributed by atoms with van der Waals surface area (Å²) < 4.78 is 6.12. The van der Waals surface area contributed by atoms with E-state index in [0.29, 0.717) is 5.92 Å². The van der Waals surface area contributed by atoms with E-state index in [1.165, 1.54) is 5.57 Å². The number of ether oxygens (including phenoxy) is 1. The Bertz CT molecular complexity index is 294. The van der Waals surface area contributed by atoms with Gasteiger partial charge in [-0.1, -0.05) is 18.6 Å². The van der Waals surface area contributed by atoms with E-state index in [9.17, 15) is 5.11 Å². The van der Waals surface area contributed by atoms with E-state index < -0.39 is 0 Å². The lowest BCUT2D eigenvalue weighted by Crippen LogP contribution is -2.56. The van der Waals surface area contributed by atoms with Gasteiger partial charge in [-0.3, -0.25) is 0 Å². The number of hydrogen-bond acceptors (Lipinski definition) is 2. The van der Waals surface area contributed by atoms with Crippen molar-refractivity contribution in [2.75, 3.05) is 13.2 Å². The molecule has 1 saturated carbocycles. The fourth-order valence-electron chi connectivity index (χ4n) is 3.45. The first-order chi connectivity index (χ1) is 8.02. The second kappa shape index (κ2) is 4.74. The van der Waals surface area contributed by atoms with E-state index in [4.69, 9.17) is 4.74 Å². The lowest BCUT2D eigenvalue weighted by atomic mass is 9.59. The van der Waals surface area contributed by atoms with Crippen molar-refractivity contribution in [2.24, 2.45) is 11.3 Å². The van der Waals surface area contributed by atoms with Crippen molar-refractivity contribution in [3.8, 4) is 0 Å². The van der Waals surface area contributed by atoms with E-state index in [0.717, 1.165) is 38.7 Å².